The molecule has 0 aromatic heterocycles. The van der Waals surface area contributed by atoms with E-state index in [1.54, 1.807) is 12.1 Å². The Bertz CT molecular complexity index is 561. The van der Waals surface area contributed by atoms with Crippen LogP contribution in [0.4, 0.5) is 5.69 Å². The molecule has 0 saturated carbocycles. The van der Waals surface area contributed by atoms with Gasteiger partial charge in [-0.15, -0.1) is 0 Å². The number of nitrogens with one attached hydrogen (secondary N) is 1. The molecule has 0 spiro atoms. The minimum Gasteiger partial charge on any atom is -0.480 e. The highest BCUT2D eigenvalue weighted by Crippen LogP contribution is 2.19. The van der Waals surface area contributed by atoms with Gasteiger partial charge >= 0.3 is 11.9 Å². The SMILES string of the molecule is COC(=O)CC[C@H](NC(=O)c1cc(N)ccc1Br)C(=O)O. The number of methoxy groups -OCH3 is 1. The van der Waals surface area contributed by atoms with Crippen molar-refractivity contribution in [3.8, 4) is 0 Å². The number of carbonyl (C=O) groups is 3. The second-order valence-electron chi connectivity index (χ2n) is 4.22. The van der Waals surface area contributed by atoms with Gasteiger partial charge in [0.1, 0.15) is 6.04 Å². The van der Waals surface area contributed by atoms with Gasteiger partial charge in [-0.05, 0) is 40.5 Å². The second kappa shape index (κ2) is 7.63. The number of carboxylic acids is 1. The number of aliphatic carboxylic acids is 1. The van der Waals surface area contributed by atoms with E-state index in [2.05, 4.69) is 26.0 Å². The Morgan fingerprint density at radius 1 is 1.43 bits per heavy atom. The van der Waals surface area contributed by atoms with E-state index < -0.39 is 23.9 Å². The van der Waals surface area contributed by atoms with Crippen molar-refractivity contribution < 1.29 is 24.2 Å². The zero-order valence-electron chi connectivity index (χ0n) is 11.3. The molecule has 0 saturated heterocycles. The molecule has 7 nitrogen and oxygen atoms in total. The number of amides is 1. The van der Waals surface area contributed by atoms with Crippen LogP contribution in [0.1, 0.15) is 23.2 Å². The summed E-state index contributed by atoms with van der Waals surface area (Å²) in [5.74, 6) is -2.36. The Kier molecular flexibility index (Phi) is 6.16. The maximum absolute atomic E-state index is 12.1. The summed E-state index contributed by atoms with van der Waals surface area (Å²) < 4.78 is 4.93. The molecule has 1 rings (SSSR count). The Morgan fingerprint density at radius 2 is 2.10 bits per heavy atom. The zero-order valence-corrected chi connectivity index (χ0v) is 12.8. The van der Waals surface area contributed by atoms with Gasteiger partial charge in [0.05, 0.1) is 12.7 Å². The zero-order chi connectivity index (χ0) is 16.0. The Hall–Kier alpha value is -2.09. The molecule has 8 heteroatoms. The van der Waals surface area contributed by atoms with Gasteiger partial charge < -0.3 is 20.9 Å². The van der Waals surface area contributed by atoms with Gasteiger partial charge in [-0.1, -0.05) is 0 Å². The molecule has 0 aliphatic rings. The van der Waals surface area contributed by atoms with E-state index in [1.165, 1.54) is 13.2 Å². The lowest BCUT2D eigenvalue weighted by Crippen LogP contribution is -2.41. The number of carboxylic acid groups (broad SMARTS) is 1. The molecule has 0 radical (unpaired) electrons. The van der Waals surface area contributed by atoms with Crippen LogP contribution in [0, 0.1) is 0 Å². The average Bonchev–Trinajstić information content (AvgIpc) is 2.44. The number of anilines is 1. The van der Waals surface area contributed by atoms with Crippen LogP contribution in [0.5, 0.6) is 0 Å². The molecule has 4 N–H and O–H groups in total. The highest BCUT2D eigenvalue weighted by molar-refractivity contribution is 9.10. The number of nitrogen functional groups attached to an aromatic ring is 1. The summed E-state index contributed by atoms with van der Waals surface area (Å²) in [6, 6.07) is 3.44. The Balaban J connectivity index is 2.79. The van der Waals surface area contributed by atoms with E-state index in [4.69, 9.17) is 10.8 Å². The van der Waals surface area contributed by atoms with Crippen LogP contribution in [0.15, 0.2) is 22.7 Å². The lowest BCUT2D eigenvalue weighted by atomic mass is 10.1. The van der Waals surface area contributed by atoms with Crippen molar-refractivity contribution in [2.75, 3.05) is 12.8 Å². The normalized spacial score (nSPS) is 11.5. The van der Waals surface area contributed by atoms with Crippen LogP contribution in [-0.2, 0) is 14.3 Å². The molecule has 0 bridgehead atoms. The first-order chi connectivity index (χ1) is 9.85. The Morgan fingerprint density at radius 3 is 2.67 bits per heavy atom. The second-order valence-corrected chi connectivity index (χ2v) is 5.07. The molecule has 0 aliphatic carbocycles. The van der Waals surface area contributed by atoms with Crippen molar-refractivity contribution in [2.24, 2.45) is 0 Å². The molecular formula is C13H15BrN2O5. The van der Waals surface area contributed by atoms with E-state index in [0.29, 0.717) is 10.2 Å². The van der Waals surface area contributed by atoms with Gasteiger partial charge in [-0.25, -0.2) is 4.79 Å². The maximum Gasteiger partial charge on any atom is 0.326 e. The standard InChI is InChI=1S/C13H15BrN2O5/c1-21-11(17)5-4-10(13(19)20)16-12(18)8-6-7(15)2-3-9(8)14/h2-3,6,10H,4-5,15H2,1H3,(H,16,18)(H,19,20)/t10-/m0/s1. The van der Waals surface area contributed by atoms with E-state index in [0.717, 1.165) is 0 Å². The lowest BCUT2D eigenvalue weighted by Gasteiger charge is -2.14. The quantitative estimate of drug-likeness (QED) is 0.518. The van der Waals surface area contributed by atoms with E-state index in [9.17, 15) is 14.4 Å². The highest BCUT2D eigenvalue weighted by atomic mass is 79.9. The number of hydrogen-bond acceptors (Lipinski definition) is 5. The molecule has 1 amide bonds. The number of benzene rings is 1. The van der Waals surface area contributed by atoms with E-state index >= 15 is 0 Å². The first-order valence-electron chi connectivity index (χ1n) is 6.00. The summed E-state index contributed by atoms with van der Waals surface area (Å²) in [5, 5.41) is 11.4. The molecular weight excluding hydrogens is 344 g/mol. The fourth-order valence-electron chi connectivity index (χ4n) is 1.57. The number of nitrogens with two attached hydrogens (primary N) is 1. The third-order valence-corrected chi connectivity index (χ3v) is 3.39. The van der Waals surface area contributed by atoms with Crippen molar-refractivity contribution in [1.29, 1.82) is 0 Å². The smallest absolute Gasteiger partial charge is 0.326 e. The topological polar surface area (TPSA) is 119 Å². The molecule has 114 valence electrons. The van der Waals surface area contributed by atoms with Gasteiger partial charge in [-0.2, -0.15) is 0 Å². The summed E-state index contributed by atoms with van der Waals surface area (Å²) in [5.41, 5.74) is 6.19. The highest BCUT2D eigenvalue weighted by Gasteiger charge is 2.22. The van der Waals surface area contributed by atoms with Crippen LogP contribution < -0.4 is 11.1 Å². The van der Waals surface area contributed by atoms with E-state index in [-0.39, 0.29) is 18.4 Å². The Labute approximate surface area is 129 Å². The molecule has 0 aliphatic heterocycles. The number of hydrogen-bond donors (Lipinski definition) is 3. The van der Waals surface area contributed by atoms with Crippen molar-refractivity contribution in [1.82, 2.24) is 5.32 Å². The molecule has 0 fully saturated rings. The summed E-state index contributed by atoms with van der Waals surface area (Å²) in [7, 11) is 1.21. The van der Waals surface area contributed by atoms with Crippen molar-refractivity contribution in [3.05, 3.63) is 28.2 Å². The largest absolute Gasteiger partial charge is 0.480 e. The van der Waals surface area contributed by atoms with E-state index in [1.807, 2.05) is 0 Å². The van der Waals surface area contributed by atoms with Crippen LogP contribution in [0.3, 0.4) is 0 Å². The molecule has 0 heterocycles. The predicted octanol–water partition coefficient (Wildman–Crippen LogP) is 1.17. The van der Waals surface area contributed by atoms with Gasteiger partial charge in [0.15, 0.2) is 0 Å². The van der Waals surface area contributed by atoms with Crippen LogP contribution >= 0.6 is 15.9 Å². The van der Waals surface area contributed by atoms with Crippen LogP contribution in [0.2, 0.25) is 0 Å². The summed E-state index contributed by atoms with van der Waals surface area (Å²) in [6.07, 6.45) is -0.167. The fourth-order valence-corrected chi connectivity index (χ4v) is 2.00. The van der Waals surface area contributed by atoms with Crippen molar-refractivity contribution in [3.63, 3.8) is 0 Å². The number of ether oxygens (including phenoxy) is 1. The maximum atomic E-state index is 12.1. The summed E-state index contributed by atoms with van der Waals surface area (Å²) >= 11 is 3.19. The number of halogens is 1. The summed E-state index contributed by atoms with van der Waals surface area (Å²) in [4.78, 5) is 34.2. The van der Waals surface area contributed by atoms with Gasteiger partial charge in [0, 0.05) is 16.6 Å². The third kappa shape index (κ3) is 5.07. The predicted molar refractivity (Wildman–Crippen MR) is 78.7 cm³/mol. The molecule has 0 unspecified atom stereocenters. The van der Waals surface area contributed by atoms with Crippen molar-refractivity contribution >= 4 is 39.5 Å². The minimum absolute atomic E-state index is 0.0618. The van der Waals surface area contributed by atoms with Gasteiger partial charge in [0.2, 0.25) is 0 Å². The van der Waals surface area contributed by atoms with Crippen LogP contribution in [0.25, 0.3) is 0 Å². The number of esters is 1. The summed E-state index contributed by atoms with van der Waals surface area (Å²) in [6.45, 7) is 0. The van der Waals surface area contributed by atoms with Crippen LogP contribution in [-0.4, -0.2) is 36.1 Å². The average molecular weight is 359 g/mol. The van der Waals surface area contributed by atoms with Gasteiger partial charge in [0.25, 0.3) is 5.91 Å². The first-order valence-corrected chi connectivity index (χ1v) is 6.80. The lowest BCUT2D eigenvalue weighted by molar-refractivity contribution is -0.142. The molecule has 1 atom stereocenters. The molecule has 1 aromatic rings. The first kappa shape index (κ1) is 17.0. The number of rotatable bonds is 6. The molecule has 21 heavy (non-hydrogen) atoms. The number of carbonyl (C=O) groups excluding carboxylic acids is 2. The molecule has 1 aromatic carbocycles. The minimum atomic E-state index is -1.23. The fraction of sp³-hybridized carbons (Fsp3) is 0.308. The monoisotopic (exact) mass is 358 g/mol. The third-order valence-electron chi connectivity index (χ3n) is 2.70. The van der Waals surface area contributed by atoms with Gasteiger partial charge in [-0.3, -0.25) is 9.59 Å². The van der Waals surface area contributed by atoms with Crippen molar-refractivity contribution in [2.45, 2.75) is 18.9 Å².